The SMILES string of the molecule is CC(C)(C)c1cc(C(C)(C)C)c2op(C(C)(C)[C@H]3COC(c4ccccc4)=N3)oc3c(C(C)(C)C)cc(C(C)(C)C)cc3c2c1. The summed E-state index contributed by atoms with van der Waals surface area (Å²) in [5, 5.41) is 1.78. The monoisotopic (exact) mass is 627 g/mol. The first-order chi connectivity index (χ1) is 20.6. The van der Waals surface area contributed by atoms with Crippen molar-refractivity contribution in [3.05, 3.63) is 82.4 Å². The molecule has 0 saturated carbocycles. The van der Waals surface area contributed by atoms with Crippen LogP contribution in [0.5, 0.6) is 0 Å². The van der Waals surface area contributed by atoms with Crippen LogP contribution in [0.25, 0.3) is 21.9 Å². The third kappa shape index (κ3) is 6.50. The van der Waals surface area contributed by atoms with Gasteiger partial charge in [-0.1, -0.05) is 113 Å². The maximum absolute atomic E-state index is 7.29. The molecule has 0 unspecified atom stereocenters. The van der Waals surface area contributed by atoms with Crippen LogP contribution in [-0.2, 0) is 31.6 Å². The lowest BCUT2D eigenvalue weighted by Crippen LogP contribution is -2.28. The highest BCUT2D eigenvalue weighted by Crippen LogP contribution is 2.53. The van der Waals surface area contributed by atoms with Gasteiger partial charge in [-0.25, -0.2) is 4.99 Å². The molecule has 2 heterocycles. The summed E-state index contributed by atoms with van der Waals surface area (Å²) >= 11 is 0. The molecule has 242 valence electrons. The largest absolute Gasteiger partial charge is 0.475 e. The molecule has 1 aliphatic rings. The van der Waals surface area contributed by atoms with Crippen molar-refractivity contribution in [2.45, 2.75) is 130 Å². The lowest BCUT2D eigenvalue weighted by molar-refractivity contribution is 0.285. The maximum atomic E-state index is 7.29. The summed E-state index contributed by atoms with van der Waals surface area (Å²) in [5.41, 5.74) is 7.51. The highest BCUT2D eigenvalue weighted by atomic mass is 31.1. The Labute approximate surface area is 272 Å². The summed E-state index contributed by atoms with van der Waals surface area (Å²) in [5.74, 6) is 0.690. The molecule has 0 spiro atoms. The Hall–Kier alpha value is -2.97. The predicted octanol–water partition coefficient (Wildman–Crippen LogP) is 12.1. The second-order valence-corrected chi connectivity index (χ2v) is 19.6. The molecule has 0 N–H and O–H groups in total. The number of aliphatic imine (C=N–C) groups is 1. The first kappa shape index (κ1) is 33.4. The normalized spacial score (nSPS) is 16.7. The van der Waals surface area contributed by atoms with E-state index >= 15 is 0 Å². The molecule has 0 fully saturated rings. The Morgan fingerprint density at radius 2 is 1.04 bits per heavy atom. The van der Waals surface area contributed by atoms with E-state index in [0.717, 1.165) is 27.5 Å². The molecule has 5 heteroatoms. The molecule has 0 aliphatic carbocycles. The van der Waals surface area contributed by atoms with Gasteiger partial charge in [0.15, 0.2) is 0 Å². The van der Waals surface area contributed by atoms with Gasteiger partial charge in [0.2, 0.25) is 13.9 Å². The van der Waals surface area contributed by atoms with Crippen molar-refractivity contribution in [1.82, 2.24) is 0 Å². The minimum absolute atomic E-state index is 0.0371. The van der Waals surface area contributed by atoms with E-state index < -0.39 is 13.2 Å². The van der Waals surface area contributed by atoms with Crippen LogP contribution in [0.15, 0.2) is 68.0 Å². The predicted molar refractivity (Wildman–Crippen MR) is 193 cm³/mol. The van der Waals surface area contributed by atoms with Gasteiger partial charge in [-0.15, -0.1) is 0 Å². The van der Waals surface area contributed by atoms with Crippen molar-refractivity contribution in [3.63, 3.8) is 0 Å². The zero-order valence-electron chi connectivity index (χ0n) is 30.1. The molecule has 4 nitrogen and oxygen atoms in total. The van der Waals surface area contributed by atoms with E-state index in [-0.39, 0.29) is 27.7 Å². The van der Waals surface area contributed by atoms with Gasteiger partial charge in [-0.05, 0) is 70.9 Å². The van der Waals surface area contributed by atoms with Crippen molar-refractivity contribution >= 4 is 35.8 Å². The van der Waals surface area contributed by atoms with Crippen LogP contribution in [0.4, 0.5) is 0 Å². The Morgan fingerprint density at radius 1 is 0.600 bits per heavy atom. The van der Waals surface area contributed by atoms with Crippen molar-refractivity contribution in [2.75, 3.05) is 6.61 Å². The third-order valence-corrected chi connectivity index (χ3v) is 11.1. The van der Waals surface area contributed by atoms with Crippen LogP contribution in [0, 0.1) is 0 Å². The van der Waals surface area contributed by atoms with Crippen LogP contribution in [-0.4, -0.2) is 18.5 Å². The standard InChI is InChI=1S/C40H54NO3P/c1-36(2,3)26-20-28-29-21-27(37(4,5)6)23-31(39(10,11)12)34(29)44-45(43-33(28)30(22-26)38(7,8)9)40(13,14)32-24-42-35(41-32)25-18-16-15-17-19-25/h15-23,32H,24H2,1-14H3/t32-/m1/s1. The molecule has 5 rings (SSSR count). The van der Waals surface area contributed by atoms with Crippen molar-refractivity contribution < 1.29 is 13.1 Å². The minimum Gasteiger partial charge on any atom is -0.475 e. The number of hydrogen-bond acceptors (Lipinski definition) is 4. The quantitative estimate of drug-likeness (QED) is 0.227. The van der Waals surface area contributed by atoms with E-state index in [0.29, 0.717) is 12.5 Å². The fraction of sp³-hybridized carbons (Fsp3) is 0.525. The number of rotatable bonds is 3. The van der Waals surface area contributed by atoms with E-state index in [1.54, 1.807) is 0 Å². The van der Waals surface area contributed by atoms with Crippen molar-refractivity contribution in [2.24, 2.45) is 4.99 Å². The molecule has 0 radical (unpaired) electrons. The third-order valence-electron chi connectivity index (χ3n) is 9.12. The topological polar surface area (TPSA) is 47.9 Å². The molecule has 0 saturated heterocycles. The smallest absolute Gasteiger partial charge is 0.225 e. The van der Waals surface area contributed by atoms with Gasteiger partial charge in [0.1, 0.15) is 23.8 Å². The average Bonchev–Trinajstić information content (AvgIpc) is 3.35. The second kappa shape index (κ2) is 11.1. The minimum atomic E-state index is -1.50. The lowest BCUT2D eigenvalue weighted by atomic mass is 9.77. The van der Waals surface area contributed by atoms with E-state index in [4.69, 9.17) is 18.1 Å². The van der Waals surface area contributed by atoms with E-state index in [9.17, 15) is 0 Å². The summed E-state index contributed by atoms with van der Waals surface area (Å²) < 4.78 is 20.8. The fourth-order valence-electron chi connectivity index (χ4n) is 5.85. The fourth-order valence-corrected chi connectivity index (χ4v) is 7.46. The summed E-state index contributed by atoms with van der Waals surface area (Å²) in [7, 11) is -1.50. The first-order valence-corrected chi connectivity index (χ1v) is 17.6. The van der Waals surface area contributed by atoms with Gasteiger partial charge < -0.3 is 13.1 Å². The molecule has 0 amide bonds. The van der Waals surface area contributed by atoms with Crippen LogP contribution in [0.1, 0.15) is 125 Å². The number of ether oxygens (including phenoxy) is 1. The lowest BCUT2D eigenvalue weighted by Gasteiger charge is -2.27. The number of benzene rings is 3. The van der Waals surface area contributed by atoms with Gasteiger partial charge in [-0.3, -0.25) is 0 Å². The van der Waals surface area contributed by atoms with Gasteiger partial charge in [0.25, 0.3) is 0 Å². The number of hydrogen-bond donors (Lipinski definition) is 0. The maximum Gasteiger partial charge on any atom is 0.225 e. The van der Waals surface area contributed by atoms with Crippen molar-refractivity contribution in [1.29, 1.82) is 0 Å². The van der Waals surface area contributed by atoms with Crippen molar-refractivity contribution in [3.8, 4) is 0 Å². The molecule has 3 aromatic carbocycles. The first-order valence-electron chi connectivity index (χ1n) is 16.4. The zero-order valence-corrected chi connectivity index (χ0v) is 31.0. The molecule has 1 aliphatic heterocycles. The Morgan fingerprint density at radius 3 is 1.44 bits per heavy atom. The van der Waals surface area contributed by atoms with Crippen LogP contribution >= 0.6 is 8.01 Å². The van der Waals surface area contributed by atoms with Crippen LogP contribution < -0.4 is 0 Å². The molecule has 0 bridgehead atoms. The van der Waals surface area contributed by atoms with Crippen LogP contribution in [0.3, 0.4) is 0 Å². The number of nitrogens with zero attached hydrogens (tertiary/aromatic N) is 1. The Balaban J connectivity index is 1.95. The molecule has 1 aromatic heterocycles. The van der Waals surface area contributed by atoms with E-state index in [2.05, 4.69) is 133 Å². The highest BCUT2D eigenvalue weighted by Gasteiger charge is 2.41. The molecule has 4 aromatic rings. The zero-order chi connectivity index (χ0) is 33.3. The molecule has 45 heavy (non-hydrogen) atoms. The van der Waals surface area contributed by atoms with Gasteiger partial charge >= 0.3 is 0 Å². The molecular formula is C40H54NO3P. The summed E-state index contributed by atoms with van der Waals surface area (Å²) in [4.78, 5) is 5.13. The van der Waals surface area contributed by atoms with E-state index in [1.165, 1.54) is 22.3 Å². The highest BCUT2D eigenvalue weighted by molar-refractivity contribution is 7.38. The summed E-state index contributed by atoms with van der Waals surface area (Å²) in [6.45, 7) is 32.4. The van der Waals surface area contributed by atoms with Gasteiger partial charge in [0.05, 0.1) is 5.16 Å². The van der Waals surface area contributed by atoms with Crippen LogP contribution in [0.2, 0.25) is 0 Å². The van der Waals surface area contributed by atoms with Gasteiger partial charge in [0, 0.05) is 27.5 Å². The number of fused-ring (bicyclic) bond motifs is 3. The second-order valence-electron chi connectivity index (χ2n) is 17.5. The summed E-state index contributed by atoms with van der Waals surface area (Å²) in [6, 6.07) is 19.5. The Kier molecular flexibility index (Phi) is 8.22. The Bertz CT molecular complexity index is 1710. The average molecular weight is 628 g/mol. The van der Waals surface area contributed by atoms with E-state index in [1.807, 2.05) is 18.2 Å². The summed E-state index contributed by atoms with van der Waals surface area (Å²) in [6.07, 6.45) is 0. The molecule has 1 atom stereocenters. The molecular weight excluding hydrogens is 573 g/mol. The van der Waals surface area contributed by atoms with Gasteiger partial charge in [-0.2, -0.15) is 0 Å².